The second-order valence-corrected chi connectivity index (χ2v) is 8.47. The quantitative estimate of drug-likeness (QED) is 0.732. The number of methoxy groups -OCH3 is 1. The first-order valence-corrected chi connectivity index (χ1v) is 10.4. The van der Waals surface area contributed by atoms with E-state index in [0.29, 0.717) is 17.6 Å². The lowest BCUT2D eigenvalue weighted by molar-refractivity contribution is 0.375. The number of imidazole rings is 1. The van der Waals surface area contributed by atoms with E-state index in [9.17, 15) is 8.42 Å². The highest BCUT2D eigenvalue weighted by Gasteiger charge is 2.22. The van der Waals surface area contributed by atoms with Crippen molar-refractivity contribution >= 4 is 16.0 Å². The minimum atomic E-state index is -3.78. The average molecular weight is 395 g/mol. The van der Waals surface area contributed by atoms with E-state index in [1.807, 2.05) is 18.7 Å². The number of sulfonamides is 1. The van der Waals surface area contributed by atoms with Gasteiger partial charge in [-0.05, 0) is 12.8 Å². The summed E-state index contributed by atoms with van der Waals surface area (Å²) in [6.07, 6.45) is 3.66. The molecule has 11 heteroatoms. The van der Waals surface area contributed by atoms with Gasteiger partial charge in [0.1, 0.15) is 5.82 Å². The number of aryl methyl sites for hydroxylation is 1. The molecule has 3 rings (SSSR count). The smallest absolute Gasteiger partial charge is 0.321 e. The van der Waals surface area contributed by atoms with Crippen molar-refractivity contribution in [2.24, 2.45) is 7.05 Å². The third-order valence-electron chi connectivity index (χ3n) is 4.32. The second-order valence-electron chi connectivity index (χ2n) is 6.76. The van der Waals surface area contributed by atoms with Crippen LogP contribution in [-0.2, 0) is 23.6 Å². The minimum absolute atomic E-state index is 0.0190. The molecule has 0 aromatic carbocycles. The van der Waals surface area contributed by atoms with Crippen LogP contribution in [0.2, 0.25) is 0 Å². The number of anilines is 1. The summed E-state index contributed by atoms with van der Waals surface area (Å²) < 4.78 is 34.5. The Hall–Kier alpha value is -2.27. The normalized spacial score (nSPS) is 14.9. The number of ether oxygens (including phenoxy) is 1. The van der Waals surface area contributed by atoms with Gasteiger partial charge in [0.05, 0.1) is 13.7 Å². The number of rotatable bonds is 7. The van der Waals surface area contributed by atoms with Crippen molar-refractivity contribution in [1.29, 1.82) is 0 Å². The standard InChI is InChI=1S/C16H25N7O3S/c1-11(2)14-20-13(10-22(14)3)27(24,25)17-9-12-18-15(21-16(19-12)26-4)23-7-5-6-8-23/h10-11,17H,5-9H2,1-4H3. The van der Waals surface area contributed by atoms with Crippen molar-refractivity contribution in [3.63, 3.8) is 0 Å². The van der Waals surface area contributed by atoms with Crippen molar-refractivity contribution < 1.29 is 13.2 Å². The van der Waals surface area contributed by atoms with Crippen LogP contribution < -0.4 is 14.4 Å². The highest BCUT2D eigenvalue weighted by Crippen LogP contribution is 2.19. The van der Waals surface area contributed by atoms with Gasteiger partial charge in [0.25, 0.3) is 10.0 Å². The summed E-state index contributed by atoms with van der Waals surface area (Å²) >= 11 is 0. The van der Waals surface area contributed by atoms with Crippen LogP contribution in [-0.4, -0.2) is 53.1 Å². The summed E-state index contributed by atoms with van der Waals surface area (Å²) in [5, 5.41) is -0.0190. The number of hydrogen-bond donors (Lipinski definition) is 1. The van der Waals surface area contributed by atoms with Gasteiger partial charge in [-0.3, -0.25) is 0 Å². The van der Waals surface area contributed by atoms with E-state index in [1.54, 1.807) is 11.6 Å². The summed E-state index contributed by atoms with van der Waals surface area (Å²) in [5.41, 5.74) is 0. The molecule has 0 amide bonds. The molecule has 148 valence electrons. The molecule has 3 heterocycles. The van der Waals surface area contributed by atoms with Crippen molar-refractivity contribution in [2.75, 3.05) is 25.1 Å². The summed E-state index contributed by atoms with van der Waals surface area (Å²) in [6.45, 7) is 5.58. The molecular formula is C16H25N7O3S. The molecule has 1 saturated heterocycles. The Kier molecular flexibility index (Phi) is 5.61. The molecule has 0 bridgehead atoms. The van der Waals surface area contributed by atoms with Crippen LogP contribution >= 0.6 is 0 Å². The van der Waals surface area contributed by atoms with Gasteiger partial charge in [-0.1, -0.05) is 13.8 Å². The maximum Gasteiger partial charge on any atom is 0.321 e. The first-order valence-electron chi connectivity index (χ1n) is 8.87. The summed E-state index contributed by atoms with van der Waals surface area (Å²) in [6, 6.07) is 0.168. The SMILES string of the molecule is COc1nc(CNS(=O)(=O)c2cn(C)c(C(C)C)n2)nc(N2CCCC2)n1. The van der Waals surface area contributed by atoms with Gasteiger partial charge in [-0.25, -0.2) is 18.1 Å². The summed E-state index contributed by atoms with van der Waals surface area (Å²) in [5.74, 6) is 1.63. The van der Waals surface area contributed by atoms with Crippen molar-refractivity contribution in [3.05, 3.63) is 17.8 Å². The fraction of sp³-hybridized carbons (Fsp3) is 0.625. The molecule has 0 unspecified atom stereocenters. The third kappa shape index (κ3) is 4.35. The Morgan fingerprint density at radius 2 is 1.89 bits per heavy atom. The Balaban J connectivity index is 1.79. The lowest BCUT2D eigenvalue weighted by Crippen LogP contribution is -2.26. The van der Waals surface area contributed by atoms with Gasteiger partial charge in [-0.15, -0.1) is 0 Å². The Morgan fingerprint density at radius 1 is 1.19 bits per heavy atom. The van der Waals surface area contributed by atoms with Gasteiger partial charge >= 0.3 is 6.01 Å². The Labute approximate surface area is 159 Å². The number of aromatic nitrogens is 5. The Bertz CT molecular complexity index is 905. The molecule has 0 radical (unpaired) electrons. The Morgan fingerprint density at radius 3 is 2.48 bits per heavy atom. The first-order chi connectivity index (χ1) is 12.8. The molecule has 0 aliphatic carbocycles. The molecule has 0 atom stereocenters. The van der Waals surface area contributed by atoms with E-state index >= 15 is 0 Å². The van der Waals surface area contributed by atoms with Crippen molar-refractivity contribution in [3.8, 4) is 6.01 Å². The molecule has 1 aliphatic heterocycles. The molecule has 1 aliphatic rings. The zero-order valence-corrected chi connectivity index (χ0v) is 16.8. The maximum atomic E-state index is 12.6. The molecule has 0 saturated carbocycles. The van der Waals surface area contributed by atoms with Gasteiger partial charge in [0, 0.05) is 32.3 Å². The second kappa shape index (κ2) is 7.77. The third-order valence-corrected chi connectivity index (χ3v) is 5.59. The highest BCUT2D eigenvalue weighted by atomic mass is 32.2. The van der Waals surface area contributed by atoms with Crippen LogP contribution in [0.1, 0.15) is 44.3 Å². The summed E-state index contributed by atoms with van der Waals surface area (Å²) in [7, 11) is -0.533. The molecule has 2 aromatic heterocycles. The average Bonchev–Trinajstić information content (AvgIpc) is 3.29. The highest BCUT2D eigenvalue weighted by molar-refractivity contribution is 7.89. The van der Waals surface area contributed by atoms with Crippen molar-refractivity contribution in [1.82, 2.24) is 29.2 Å². The number of nitrogens with one attached hydrogen (secondary N) is 1. The van der Waals surface area contributed by atoms with Gasteiger partial charge in [-0.2, -0.15) is 15.0 Å². The minimum Gasteiger partial charge on any atom is -0.467 e. The number of hydrogen-bond acceptors (Lipinski definition) is 8. The lowest BCUT2D eigenvalue weighted by Gasteiger charge is -2.16. The monoisotopic (exact) mass is 395 g/mol. The maximum absolute atomic E-state index is 12.6. The molecule has 10 nitrogen and oxygen atoms in total. The van der Waals surface area contributed by atoms with E-state index in [1.165, 1.54) is 13.3 Å². The van der Waals surface area contributed by atoms with E-state index < -0.39 is 10.0 Å². The van der Waals surface area contributed by atoms with Crippen LogP contribution in [0, 0.1) is 0 Å². The van der Waals surface area contributed by atoms with Crippen LogP contribution in [0.4, 0.5) is 5.95 Å². The predicted molar refractivity (Wildman–Crippen MR) is 99.1 cm³/mol. The van der Waals surface area contributed by atoms with Crippen LogP contribution in [0.25, 0.3) is 0 Å². The topological polar surface area (TPSA) is 115 Å². The molecular weight excluding hydrogens is 370 g/mol. The first kappa shape index (κ1) is 19.5. The van der Waals surface area contributed by atoms with Crippen LogP contribution in [0.3, 0.4) is 0 Å². The van der Waals surface area contributed by atoms with Crippen LogP contribution in [0.15, 0.2) is 11.2 Å². The zero-order valence-electron chi connectivity index (χ0n) is 16.0. The fourth-order valence-electron chi connectivity index (χ4n) is 2.97. The summed E-state index contributed by atoms with van der Waals surface area (Å²) in [4.78, 5) is 19.1. The van der Waals surface area contributed by atoms with E-state index in [4.69, 9.17) is 4.74 Å². The lowest BCUT2D eigenvalue weighted by atomic mass is 10.2. The van der Waals surface area contributed by atoms with E-state index in [0.717, 1.165) is 25.9 Å². The van der Waals surface area contributed by atoms with E-state index in [-0.39, 0.29) is 23.5 Å². The van der Waals surface area contributed by atoms with Crippen LogP contribution in [0.5, 0.6) is 6.01 Å². The molecule has 2 aromatic rings. The zero-order chi connectivity index (χ0) is 19.6. The van der Waals surface area contributed by atoms with Gasteiger partial charge < -0.3 is 14.2 Å². The fourth-order valence-corrected chi connectivity index (χ4v) is 3.94. The molecule has 1 N–H and O–H groups in total. The molecule has 1 fully saturated rings. The largest absolute Gasteiger partial charge is 0.467 e. The molecule has 0 spiro atoms. The predicted octanol–water partition coefficient (Wildman–Crippen LogP) is 0.816. The van der Waals surface area contributed by atoms with Gasteiger partial charge in [0.15, 0.2) is 10.9 Å². The van der Waals surface area contributed by atoms with Crippen molar-refractivity contribution in [2.45, 2.75) is 44.2 Å². The molecule has 27 heavy (non-hydrogen) atoms. The van der Waals surface area contributed by atoms with Gasteiger partial charge in [0.2, 0.25) is 5.95 Å². The number of nitrogens with zero attached hydrogens (tertiary/aromatic N) is 6. The van der Waals surface area contributed by atoms with E-state index in [2.05, 4.69) is 24.7 Å².